The first-order valence-corrected chi connectivity index (χ1v) is 16.5. The fourth-order valence-electron chi connectivity index (χ4n) is 4.43. The Kier molecular flexibility index (Phi) is 25.6. The van der Waals surface area contributed by atoms with Crippen LogP contribution in [-0.4, -0.2) is 75.5 Å². The molecule has 0 spiro atoms. The van der Waals surface area contributed by atoms with Crippen molar-refractivity contribution in [3.8, 4) is 0 Å². The van der Waals surface area contributed by atoms with Gasteiger partial charge < -0.3 is 28.6 Å². The monoisotopic (exact) mass is 607 g/mol. The fraction of sp³-hybridized carbons (Fsp3) is 0.743. The van der Waals surface area contributed by atoms with Gasteiger partial charge in [0.15, 0.2) is 6.10 Å². The Morgan fingerprint density at radius 2 is 1.30 bits per heavy atom. The van der Waals surface area contributed by atoms with Crippen molar-refractivity contribution in [1.82, 2.24) is 0 Å². The Hall–Kier alpha value is -2.45. The summed E-state index contributed by atoms with van der Waals surface area (Å²) in [7, 11) is 5.36. The summed E-state index contributed by atoms with van der Waals surface area (Å²) in [5.41, 5.74) is 0. The van der Waals surface area contributed by atoms with Gasteiger partial charge in [0.25, 0.3) is 0 Å². The van der Waals surface area contributed by atoms with Gasteiger partial charge in [0.1, 0.15) is 12.6 Å². The van der Waals surface area contributed by atoms with Crippen LogP contribution < -0.4 is 5.11 Å². The quantitative estimate of drug-likeness (QED) is 0.0450. The van der Waals surface area contributed by atoms with Crippen LogP contribution in [0.2, 0.25) is 0 Å². The Labute approximate surface area is 262 Å². The third-order valence-corrected chi connectivity index (χ3v) is 7.04. The van der Waals surface area contributed by atoms with Gasteiger partial charge in [-0.25, -0.2) is 0 Å². The number of esters is 2. The van der Waals surface area contributed by atoms with Crippen LogP contribution in [0.1, 0.15) is 117 Å². The van der Waals surface area contributed by atoms with Crippen molar-refractivity contribution in [2.45, 2.75) is 129 Å². The van der Waals surface area contributed by atoms with Gasteiger partial charge >= 0.3 is 11.9 Å². The number of hydrogen-bond acceptors (Lipinski definition) is 7. The number of unbranched alkanes of at least 4 members (excludes halogenated alkanes) is 8. The molecule has 0 aromatic rings. The third kappa shape index (κ3) is 25.7. The number of carboxylic acids is 1. The first-order chi connectivity index (χ1) is 20.6. The largest absolute Gasteiger partial charge is 0.544 e. The molecule has 2 atom stereocenters. The number of carbonyl (C=O) groups excluding carboxylic acids is 3. The lowest BCUT2D eigenvalue weighted by molar-refractivity contribution is -0.889. The van der Waals surface area contributed by atoms with Crippen LogP contribution in [0.5, 0.6) is 0 Å². The maximum atomic E-state index is 12.5. The summed E-state index contributed by atoms with van der Waals surface area (Å²) in [6.45, 7) is 4.42. The lowest BCUT2D eigenvalue weighted by atomic mass is 10.1. The molecule has 0 bridgehead atoms. The number of hydrogen-bond donors (Lipinski definition) is 0. The van der Waals surface area contributed by atoms with E-state index in [4.69, 9.17) is 14.2 Å². The van der Waals surface area contributed by atoms with E-state index in [1.54, 1.807) is 21.1 Å². The molecular formula is C35H61NO7. The molecule has 0 aliphatic heterocycles. The molecule has 8 heteroatoms. The van der Waals surface area contributed by atoms with Crippen LogP contribution in [0.25, 0.3) is 0 Å². The normalized spacial score (nSPS) is 13.6. The first kappa shape index (κ1) is 40.5. The highest BCUT2D eigenvalue weighted by atomic mass is 16.6. The zero-order valence-corrected chi connectivity index (χ0v) is 27.9. The molecule has 2 unspecified atom stereocenters. The van der Waals surface area contributed by atoms with Gasteiger partial charge in [-0.1, -0.05) is 88.8 Å². The van der Waals surface area contributed by atoms with Crippen molar-refractivity contribution in [2.24, 2.45) is 0 Å². The second-order valence-electron chi connectivity index (χ2n) is 12.0. The molecule has 0 aliphatic rings. The molecule has 43 heavy (non-hydrogen) atoms. The van der Waals surface area contributed by atoms with Gasteiger partial charge in [-0.15, -0.1) is 0 Å². The lowest BCUT2D eigenvalue weighted by Gasteiger charge is -2.34. The van der Waals surface area contributed by atoms with E-state index in [1.807, 2.05) is 0 Å². The number of likely N-dealkylation sites (N-methyl/N-ethyl adjacent to an activating group) is 1. The van der Waals surface area contributed by atoms with E-state index in [9.17, 15) is 19.5 Å². The summed E-state index contributed by atoms with van der Waals surface area (Å²) in [6.07, 6.45) is 26.2. The van der Waals surface area contributed by atoms with Gasteiger partial charge in [0.05, 0.1) is 40.3 Å². The number of carboxylic acid groups (broad SMARTS) is 1. The van der Waals surface area contributed by atoms with Crippen LogP contribution in [0, 0.1) is 0 Å². The Morgan fingerprint density at radius 1 is 0.721 bits per heavy atom. The summed E-state index contributed by atoms with van der Waals surface area (Å²) < 4.78 is 16.9. The van der Waals surface area contributed by atoms with Crippen LogP contribution in [0.4, 0.5) is 0 Å². The molecule has 0 saturated heterocycles. The number of aliphatic carboxylic acids is 1. The van der Waals surface area contributed by atoms with Crippen molar-refractivity contribution in [2.75, 3.05) is 41.0 Å². The minimum Gasteiger partial charge on any atom is -0.544 e. The number of rotatable bonds is 28. The number of allylic oxidation sites excluding steroid dienone is 6. The molecular weight excluding hydrogens is 546 g/mol. The van der Waals surface area contributed by atoms with Gasteiger partial charge in [-0.3, -0.25) is 9.59 Å². The van der Waals surface area contributed by atoms with Crippen LogP contribution in [0.15, 0.2) is 36.5 Å². The average Bonchev–Trinajstić information content (AvgIpc) is 2.94. The van der Waals surface area contributed by atoms with Crippen LogP contribution in [-0.2, 0) is 28.6 Å². The minimum absolute atomic E-state index is 0.0256. The smallest absolute Gasteiger partial charge is 0.306 e. The molecule has 0 radical (unpaired) electrons. The molecule has 0 aliphatic carbocycles. The van der Waals surface area contributed by atoms with E-state index in [1.165, 1.54) is 25.7 Å². The highest BCUT2D eigenvalue weighted by molar-refractivity contribution is 5.70. The van der Waals surface area contributed by atoms with E-state index in [0.29, 0.717) is 12.8 Å². The topological polar surface area (TPSA) is 102 Å². The average molecular weight is 608 g/mol. The lowest BCUT2D eigenvalue weighted by Crippen LogP contribution is -2.55. The Morgan fingerprint density at radius 3 is 1.93 bits per heavy atom. The van der Waals surface area contributed by atoms with E-state index in [-0.39, 0.29) is 49.1 Å². The number of nitrogens with zero attached hydrogens (tertiary/aromatic N) is 1. The minimum atomic E-state index is -1.13. The molecule has 0 N–H and O–H groups in total. The summed E-state index contributed by atoms with van der Waals surface area (Å²) in [5.74, 6) is -1.80. The van der Waals surface area contributed by atoms with Gasteiger partial charge in [-0.05, 0) is 44.9 Å². The summed E-state index contributed by atoms with van der Waals surface area (Å²) in [5, 5.41) is 11.5. The Bertz CT molecular complexity index is 813. The zero-order chi connectivity index (χ0) is 32.2. The van der Waals surface area contributed by atoms with Crippen molar-refractivity contribution in [3.05, 3.63) is 36.5 Å². The maximum Gasteiger partial charge on any atom is 0.306 e. The van der Waals surface area contributed by atoms with E-state index >= 15 is 0 Å². The van der Waals surface area contributed by atoms with E-state index < -0.39 is 18.1 Å². The summed E-state index contributed by atoms with van der Waals surface area (Å²) in [4.78, 5) is 36.3. The zero-order valence-electron chi connectivity index (χ0n) is 27.9. The molecule has 0 aromatic carbocycles. The second kappa shape index (κ2) is 27.1. The molecule has 248 valence electrons. The SMILES string of the molecule is CC/C=C/C/C=C/C/C=C/CCCCC(=O)OC(COCCC(C(=O)[O-])[N+](C)(C)C)COC(=O)CCCCCCCCC. The third-order valence-electron chi connectivity index (χ3n) is 7.04. The maximum absolute atomic E-state index is 12.5. The highest BCUT2D eigenvalue weighted by Gasteiger charge is 2.25. The van der Waals surface area contributed by atoms with Crippen molar-refractivity contribution >= 4 is 17.9 Å². The van der Waals surface area contributed by atoms with Gasteiger partial charge in [-0.2, -0.15) is 0 Å². The first-order valence-electron chi connectivity index (χ1n) is 16.5. The molecule has 0 heterocycles. The second-order valence-corrected chi connectivity index (χ2v) is 12.0. The van der Waals surface area contributed by atoms with Crippen molar-refractivity contribution in [1.29, 1.82) is 0 Å². The molecule has 0 saturated carbocycles. The molecule has 0 aromatic heterocycles. The number of quaternary nitrogens is 1. The Balaban J connectivity index is 4.57. The number of carbonyl (C=O) groups is 3. The van der Waals surface area contributed by atoms with Gasteiger partial charge in [0, 0.05) is 19.3 Å². The van der Waals surface area contributed by atoms with Gasteiger partial charge in [0.2, 0.25) is 0 Å². The van der Waals surface area contributed by atoms with Crippen molar-refractivity contribution < 1.29 is 38.2 Å². The molecule has 0 amide bonds. The van der Waals surface area contributed by atoms with Crippen molar-refractivity contribution in [3.63, 3.8) is 0 Å². The van der Waals surface area contributed by atoms with E-state index in [2.05, 4.69) is 50.3 Å². The highest BCUT2D eigenvalue weighted by Crippen LogP contribution is 2.11. The standard InChI is InChI=1S/C35H61NO7/c1-6-8-10-12-14-15-16-17-18-20-22-24-26-34(38)43-31(29-41-28-27-32(35(39)40)36(3,4)5)30-42-33(37)25-23-21-19-13-11-9-7-2/h8,10,14-15,17-18,31-32H,6-7,9,11-13,16,19-30H2,1-5H3/b10-8+,15-14+,18-17+. The van der Waals surface area contributed by atoms with Crippen LogP contribution in [0.3, 0.4) is 0 Å². The van der Waals surface area contributed by atoms with Crippen LogP contribution >= 0.6 is 0 Å². The molecule has 0 rings (SSSR count). The summed E-state index contributed by atoms with van der Waals surface area (Å²) >= 11 is 0. The number of ether oxygens (including phenoxy) is 3. The fourth-order valence-corrected chi connectivity index (χ4v) is 4.43. The van der Waals surface area contributed by atoms with E-state index in [0.717, 1.165) is 51.4 Å². The predicted octanol–water partition coefficient (Wildman–Crippen LogP) is 6.23. The molecule has 0 fully saturated rings. The predicted molar refractivity (Wildman–Crippen MR) is 171 cm³/mol. The molecule has 8 nitrogen and oxygen atoms in total. The summed E-state index contributed by atoms with van der Waals surface area (Å²) in [6, 6.07) is -0.728.